The third-order valence-corrected chi connectivity index (χ3v) is 1.80. The fourth-order valence-electron chi connectivity index (χ4n) is 1.38. The fourth-order valence-corrected chi connectivity index (χ4v) is 1.38. The van der Waals surface area contributed by atoms with Crippen molar-refractivity contribution in [3.05, 3.63) is 51.4 Å². The van der Waals surface area contributed by atoms with E-state index in [1.165, 1.54) is 11.1 Å². The van der Waals surface area contributed by atoms with Crippen molar-refractivity contribution in [1.82, 2.24) is 0 Å². The second kappa shape index (κ2) is 5.10. The molecule has 1 aromatic rings. The summed E-state index contributed by atoms with van der Waals surface area (Å²) in [6.45, 7) is 4.54. The Balaban J connectivity index is 2.75. The first-order valence-electron chi connectivity index (χ1n) is 4.48. The van der Waals surface area contributed by atoms with Crippen molar-refractivity contribution in [3.63, 3.8) is 0 Å². The van der Waals surface area contributed by atoms with Gasteiger partial charge in [-0.05, 0) is 24.9 Å². The molecule has 0 N–H and O–H groups in total. The molecule has 0 radical (unpaired) electrons. The Morgan fingerprint density at radius 3 is 2.50 bits per heavy atom. The van der Waals surface area contributed by atoms with Gasteiger partial charge in [0.05, 0.1) is 0 Å². The standard InChI is InChI=1S/C11H13N3/c1-9-6-10(2)8-11(7-9)4-3-5-13-14-12/h3-4,6-8H,5H2,1-2H3. The number of rotatable bonds is 3. The highest BCUT2D eigenvalue weighted by atomic mass is 15.1. The van der Waals surface area contributed by atoms with Crippen molar-refractivity contribution in [2.45, 2.75) is 13.8 Å². The zero-order valence-corrected chi connectivity index (χ0v) is 8.44. The van der Waals surface area contributed by atoms with Crippen LogP contribution in [-0.4, -0.2) is 6.54 Å². The molecule has 0 unspecified atom stereocenters. The van der Waals surface area contributed by atoms with Gasteiger partial charge in [-0.3, -0.25) is 0 Å². The molecule has 1 aromatic carbocycles. The Morgan fingerprint density at radius 1 is 1.29 bits per heavy atom. The van der Waals surface area contributed by atoms with Crippen LogP contribution < -0.4 is 0 Å². The molecule has 3 heteroatoms. The van der Waals surface area contributed by atoms with Crippen LogP contribution in [0.2, 0.25) is 0 Å². The van der Waals surface area contributed by atoms with Crippen LogP contribution in [0.15, 0.2) is 29.4 Å². The number of aryl methyl sites for hydroxylation is 2. The van der Waals surface area contributed by atoms with Gasteiger partial charge in [0.25, 0.3) is 0 Å². The Bertz CT molecular complexity index is 367. The lowest BCUT2D eigenvalue weighted by Crippen LogP contribution is -1.80. The molecule has 0 saturated heterocycles. The van der Waals surface area contributed by atoms with Crippen molar-refractivity contribution in [1.29, 1.82) is 0 Å². The van der Waals surface area contributed by atoms with Crippen LogP contribution in [-0.2, 0) is 0 Å². The number of hydrogen-bond acceptors (Lipinski definition) is 1. The van der Waals surface area contributed by atoms with Gasteiger partial charge in [0.2, 0.25) is 0 Å². The van der Waals surface area contributed by atoms with Gasteiger partial charge < -0.3 is 0 Å². The number of benzene rings is 1. The molecule has 0 atom stereocenters. The van der Waals surface area contributed by atoms with Gasteiger partial charge in [-0.1, -0.05) is 46.6 Å². The maximum Gasteiger partial charge on any atom is 0.0443 e. The van der Waals surface area contributed by atoms with Crippen LogP contribution in [0.1, 0.15) is 16.7 Å². The van der Waals surface area contributed by atoms with E-state index in [2.05, 4.69) is 42.1 Å². The van der Waals surface area contributed by atoms with Gasteiger partial charge >= 0.3 is 0 Å². The quantitative estimate of drug-likeness (QED) is 0.394. The van der Waals surface area contributed by atoms with Crippen molar-refractivity contribution in [3.8, 4) is 0 Å². The van der Waals surface area contributed by atoms with Crippen LogP contribution in [0.5, 0.6) is 0 Å². The molecule has 0 spiro atoms. The molecule has 0 heterocycles. The molecule has 72 valence electrons. The summed E-state index contributed by atoms with van der Waals surface area (Å²) in [6.07, 6.45) is 3.82. The third kappa shape index (κ3) is 3.33. The predicted octanol–water partition coefficient (Wildman–Crippen LogP) is 3.63. The third-order valence-electron chi connectivity index (χ3n) is 1.80. The van der Waals surface area contributed by atoms with Crippen molar-refractivity contribution in [2.75, 3.05) is 6.54 Å². The van der Waals surface area contributed by atoms with E-state index in [0.717, 1.165) is 5.56 Å². The van der Waals surface area contributed by atoms with E-state index in [4.69, 9.17) is 5.53 Å². The van der Waals surface area contributed by atoms with Crippen LogP contribution in [0.3, 0.4) is 0 Å². The Hall–Kier alpha value is -1.73. The molecular formula is C11H13N3. The Morgan fingerprint density at radius 2 is 1.93 bits per heavy atom. The van der Waals surface area contributed by atoms with Crippen molar-refractivity contribution >= 4 is 6.08 Å². The maximum absolute atomic E-state index is 8.08. The largest absolute Gasteiger partial charge is 0.0899 e. The normalized spacial score (nSPS) is 10.1. The van der Waals surface area contributed by atoms with E-state index in [0.29, 0.717) is 6.54 Å². The maximum atomic E-state index is 8.08. The summed E-state index contributed by atoms with van der Waals surface area (Å²) in [5.41, 5.74) is 11.7. The van der Waals surface area contributed by atoms with Gasteiger partial charge in [0, 0.05) is 11.5 Å². The molecule has 14 heavy (non-hydrogen) atoms. The topological polar surface area (TPSA) is 48.8 Å². The molecule has 0 saturated carbocycles. The highest BCUT2D eigenvalue weighted by molar-refractivity contribution is 5.51. The molecule has 0 aromatic heterocycles. The summed E-state index contributed by atoms with van der Waals surface area (Å²) in [5.74, 6) is 0. The van der Waals surface area contributed by atoms with E-state index < -0.39 is 0 Å². The number of azide groups is 1. The lowest BCUT2D eigenvalue weighted by Gasteiger charge is -1.99. The minimum atomic E-state index is 0.406. The second-order valence-electron chi connectivity index (χ2n) is 3.24. The predicted molar refractivity (Wildman–Crippen MR) is 59.0 cm³/mol. The van der Waals surface area contributed by atoms with Gasteiger partial charge in [0.15, 0.2) is 0 Å². The van der Waals surface area contributed by atoms with Gasteiger partial charge in [-0.15, -0.1) is 0 Å². The van der Waals surface area contributed by atoms with E-state index in [1.54, 1.807) is 0 Å². The van der Waals surface area contributed by atoms with E-state index in [1.807, 2.05) is 12.2 Å². The van der Waals surface area contributed by atoms with Gasteiger partial charge in [0.1, 0.15) is 0 Å². The highest BCUT2D eigenvalue weighted by Gasteiger charge is 1.90. The van der Waals surface area contributed by atoms with E-state index in [-0.39, 0.29) is 0 Å². The summed E-state index contributed by atoms with van der Waals surface area (Å²) in [4.78, 5) is 2.68. The molecule has 0 bridgehead atoms. The summed E-state index contributed by atoms with van der Waals surface area (Å²) >= 11 is 0. The van der Waals surface area contributed by atoms with Gasteiger partial charge in [-0.25, -0.2) is 0 Å². The summed E-state index contributed by atoms with van der Waals surface area (Å²) in [7, 11) is 0. The monoisotopic (exact) mass is 187 g/mol. The lowest BCUT2D eigenvalue weighted by atomic mass is 10.1. The summed E-state index contributed by atoms with van der Waals surface area (Å²) in [5, 5.41) is 3.43. The molecular weight excluding hydrogens is 174 g/mol. The minimum absolute atomic E-state index is 0.406. The first kappa shape index (κ1) is 10.4. The molecule has 0 aliphatic rings. The van der Waals surface area contributed by atoms with E-state index in [9.17, 15) is 0 Å². The van der Waals surface area contributed by atoms with Crippen molar-refractivity contribution < 1.29 is 0 Å². The van der Waals surface area contributed by atoms with Gasteiger partial charge in [-0.2, -0.15) is 0 Å². The first-order valence-corrected chi connectivity index (χ1v) is 4.48. The highest BCUT2D eigenvalue weighted by Crippen LogP contribution is 2.10. The Labute approximate surface area is 83.7 Å². The number of nitrogens with zero attached hydrogens (tertiary/aromatic N) is 3. The van der Waals surface area contributed by atoms with Crippen molar-refractivity contribution in [2.24, 2.45) is 5.11 Å². The van der Waals surface area contributed by atoms with E-state index >= 15 is 0 Å². The number of hydrogen-bond donors (Lipinski definition) is 0. The molecule has 0 amide bonds. The summed E-state index contributed by atoms with van der Waals surface area (Å²) < 4.78 is 0. The molecule has 1 rings (SSSR count). The molecule has 3 nitrogen and oxygen atoms in total. The van der Waals surface area contributed by atoms with Crippen LogP contribution in [0.4, 0.5) is 0 Å². The average Bonchev–Trinajstić information content (AvgIpc) is 2.11. The van der Waals surface area contributed by atoms with Crippen LogP contribution in [0.25, 0.3) is 16.5 Å². The summed E-state index contributed by atoms with van der Waals surface area (Å²) in [6, 6.07) is 6.32. The Kier molecular flexibility index (Phi) is 3.77. The smallest absolute Gasteiger partial charge is 0.0443 e. The second-order valence-corrected chi connectivity index (χ2v) is 3.24. The zero-order valence-electron chi connectivity index (χ0n) is 8.44. The zero-order chi connectivity index (χ0) is 10.4. The molecule has 0 aliphatic heterocycles. The fraction of sp³-hybridized carbons (Fsp3) is 0.273. The molecule has 0 aliphatic carbocycles. The molecule has 0 fully saturated rings. The SMILES string of the molecule is Cc1cc(C)cc(C=CCN=[N+]=[N-])c1. The average molecular weight is 187 g/mol. The lowest BCUT2D eigenvalue weighted by molar-refractivity contribution is 1.22. The minimum Gasteiger partial charge on any atom is -0.0899 e. The van der Waals surface area contributed by atoms with Crippen LogP contribution >= 0.6 is 0 Å². The first-order chi connectivity index (χ1) is 6.72. The van der Waals surface area contributed by atoms with Crippen LogP contribution in [0, 0.1) is 13.8 Å².